The second kappa shape index (κ2) is 8.66. The van der Waals surface area contributed by atoms with Crippen molar-refractivity contribution in [2.75, 3.05) is 26.9 Å². The molecule has 2 heterocycles. The van der Waals surface area contributed by atoms with Gasteiger partial charge in [-0.05, 0) is 37.0 Å². The van der Waals surface area contributed by atoms with Crippen LogP contribution in [0.15, 0.2) is 35.6 Å². The van der Waals surface area contributed by atoms with Gasteiger partial charge in [0, 0.05) is 13.7 Å². The Morgan fingerprint density at radius 3 is 2.68 bits per heavy atom. The largest absolute Gasteiger partial charge is 0.484 e. The highest BCUT2D eigenvalue weighted by Gasteiger charge is 2.52. The van der Waals surface area contributed by atoms with E-state index in [9.17, 15) is 18.8 Å². The molecule has 4 unspecified atom stereocenters. The van der Waals surface area contributed by atoms with E-state index in [0.29, 0.717) is 24.2 Å². The Morgan fingerprint density at radius 2 is 2.00 bits per heavy atom. The van der Waals surface area contributed by atoms with Gasteiger partial charge in [0.25, 0.3) is 11.8 Å². The average Bonchev–Trinajstić information content (AvgIpc) is 3.03. The average molecular weight is 432 g/mol. The lowest BCUT2D eigenvalue weighted by atomic mass is 9.77. The van der Waals surface area contributed by atoms with Crippen molar-refractivity contribution in [2.45, 2.75) is 37.6 Å². The molecule has 2 N–H and O–H groups in total. The van der Waals surface area contributed by atoms with Crippen molar-refractivity contribution in [3.05, 3.63) is 41.2 Å². The van der Waals surface area contributed by atoms with Gasteiger partial charge < -0.3 is 24.8 Å². The number of ether oxygens (including phenoxy) is 3. The second-order valence-corrected chi connectivity index (χ2v) is 8.00. The summed E-state index contributed by atoms with van der Waals surface area (Å²) in [6, 6.07) is 6.08. The lowest BCUT2D eigenvalue weighted by Gasteiger charge is -2.36. The summed E-state index contributed by atoms with van der Waals surface area (Å²) in [4.78, 5) is 39.0. The smallest absolute Gasteiger partial charge is 0.290 e. The monoisotopic (exact) mass is 432 g/mol. The number of carbonyl (C=O) groups is 3. The first kappa shape index (κ1) is 21.3. The van der Waals surface area contributed by atoms with Crippen molar-refractivity contribution in [1.82, 2.24) is 4.90 Å². The lowest BCUT2D eigenvalue weighted by molar-refractivity contribution is -0.136. The number of ketones is 1. The summed E-state index contributed by atoms with van der Waals surface area (Å²) in [5, 5.41) is 0. The van der Waals surface area contributed by atoms with Crippen LogP contribution in [0.1, 0.15) is 30.9 Å². The summed E-state index contributed by atoms with van der Waals surface area (Å²) in [5.41, 5.74) is 6.06. The molecule has 1 aromatic carbocycles. The number of amides is 2. The number of primary amides is 1. The molecular formula is C22H25FN2O6. The Balaban J connectivity index is 1.67. The van der Waals surface area contributed by atoms with E-state index >= 15 is 0 Å². The van der Waals surface area contributed by atoms with E-state index in [1.807, 2.05) is 0 Å². The van der Waals surface area contributed by atoms with E-state index < -0.39 is 30.1 Å². The zero-order chi connectivity index (χ0) is 22.1. The number of halogens is 1. The first-order chi connectivity index (χ1) is 14.9. The van der Waals surface area contributed by atoms with Gasteiger partial charge >= 0.3 is 0 Å². The normalized spacial score (nSPS) is 27.6. The maximum atomic E-state index is 14.0. The molecule has 2 amide bonds. The van der Waals surface area contributed by atoms with Gasteiger partial charge in [0.2, 0.25) is 0 Å². The number of alkyl halides is 1. The van der Waals surface area contributed by atoms with Gasteiger partial charge in [-0.3, -0.25) is 14.4 Å². The molecule has 0 saturated heterocycles. The third-order valence-electron chi connectivity index (χ3n) is 5.99. The van der Waals surface area contributed by atoms with Crippen LogP contribution in [0.25, 0.3) is 0 Å². The molecule has 4 rings (SSSR count). The van der Waals surface area contributed by atoms with Gasteiger partial charge in [-0.25, -0.2) is 4.39 Å². The summed E-state index contributed by atoms with van der Waals surface area (Å²) in [7, 11) is 1.53. The van der Waals surface area contributed by atoms with Gasteiger partial charge in [0.05, 0.1) is 24.1 Å². The summed E-state index contributed by atoms with van der Waals surface area (Å²) in [6.45, 7) is 0.303. The number of fused-ring (bicyclic) bond motifs is 1. The molecule has 1 fully saturated rings. The zero-order valence-electron chi connectivity index (χ0n) is 17.2. The van der Waals surface area contributed by atoms with Crippen molar-refractivity contribution in [1.29, 1.82) is 0 Å². The predicted octanol–water partition coefficient (Wildman–Crippen LogP) is 1.44. The Kier molecular flexibility index (Phi) is 5.95. The fraction of sp³-hybridized carbons (Fsp3) is 0.500. The summed E-state index contributed by atoms with van der Waals surface area (Å²) in [5.74, 6) is -1.26. The molecule has 0 spiro atoms. The fourth-order valence-corrected chi connectivity index (χ4v) is 4.53. The standard InChI is InChI=1S/C22H25FN2O6/c1-29-9-8-25-19(12-2-5-14(6-3-12)30-11-17(24)26)18-20(27)15-10-13(23)4-7-16(15)31-21(18)22(25)28/h2-3,5-6,13,15-16,19H,4,7-11H2,1H3,(H2,24,26). The van der Waals surface area contributed by atoms with Gasteiger partial charge in [-0.15, -0.1) is 0 Å². The summed E-state index contributed by atoms with van der Waals surface area (Å²) >= 11 is 0. The van der Waals surface area contributed by atoms with Crippen LogP contribution >= 0.6 is 0 Å². The minimum Gasteiger partial charge on any atom is -0.484 e. The van der Waals surface area contributed by atoms with Crippen molar-refractivity contribution >= 4 is 17.6 Å². The topological polar surface area (TPSA) is 108 Å². The van der Waals surface area contributed by atoms with Crippen LogP contribution in [0.5, 0.6) is 5.75 Å². The Hall–Kier alpha value is -2.94. The number of nitrogens with zero attached hydrogens (tertiary/aromatic N) is 1. The van der Waals surface area contributed by atoms with E-state index in [4.69, 9.17) is 19.9 Å². The van der Waals surface area contributed by atoms with Crippen LogP contribution in [-0.4, -0.2) is 61.6 Å². The van der Waals surface area contributed by atoms with Crippen molar-refractivity contribution in [2.24, 2.45) is 11.7 Å². The molecule has 31 heavy (non-hydrogen) atoms. The van der Waals surface area contributed by atoms with Crippen LogP contribution in [0.2, 0.25) is 0 Å². The molecule has 2 aliphatic heterocycles. The van der Waals surface area contributed by atoms with Crippen LogP contribution in [0.4, 0.5) is 4.39 Å². The molecule has 9 heteroatoms. The Bertz CT molecular complexity index is 915. The third kappa shape index (κ3) is 4.01. The number of methoxy groups -OCH3 is 1. The van der Waals surface area contributed by atoms with Crippen molar-refractivity contribution in [3.63, 3.8) is 0 Å². The second-order valence-electron chi connectivity index (χ2n) is 8.00. The molecule has 1 saturated carbocycles. The zero-order valence-corrected chi connectivity index (χ0v) is 17.2. The highest BCUT2D eigenvalue weighted by atomic mass is 19.1. The number of Topliss-reactive ketones (excluding diaryl/α,β-unsaturated/α-hetero) is 1. The van der Waals surface area contributed by atoms with Gasteiger partial charge in [0.1, 0.15) is 18.0 Å². The number of benzene rings is 1. The van der Waals surface area contributed by atoms with E-state index in [1.54, 1.807) is 29.2 Å². The van der Waals surface area contributed by atoms with Crippen LogP contribution in [-0.2, 0) is 23.9 Å². The van der Waals surface area contributed by atoms with Crippen molar-refractivity contribution in [3.8, 4) is 5.75 Å². The minimum absolute atomic E-state index is 0.0683. The van der Waals surface area contributed by atoms with Crippen molar-refractivity contribution < 1.29 is 33.0 Å². The number of nitrogens with two attached hydrogens (primary N) is 1. The van der Waals surface area contributed by atoms with Gasteiger partial charge in [-0.2, -0.15) is 0 Å². The number of carbonyl (C=O) groups excluding carboxylic acids is 3. The SMILES string of the molecule is COCCN1C(=O)C2=C(C(=O)C3CC(F)CCC3O2)C1c1ccc(OCC(N)=O)cc1. The molecule has 166 valence electrons. The quantitative estimate of drug-likeness (QED) is 0.699. The Morgan fingerprint density at radius 1 is 1.26 bits per heavy atom. The number of hydrogen-bond donors (Lipinski definition) is 1. The number of rotatable bonds is 7. The van der Waals surface area contributed by atoms with Gasteiger partial charge in [-0.1, -0.05) is 12.1 Å². The minimum atomic E-state index is -1.04. The number of hydrogen-bond acceptors (Lipinski definition) is 6. The highest BCUT2D eigenvalue weighted by molar-refractivity contribution is 6.11. The molecule has 0 bridgehead atoms. The molecule has 4 atom stereocenters. The molecule has 1 aromatic rings. The molecule has 1 aliphatic carbocycles. The first-order valence-electron chi connectivity index (χ1n) is 10.3. The first-order valence-corrected chi connectivity index (χ1v) is 10.3. The summed E-state index contributed by atoms with van der Waals surface area (Å²) in [6.07, 6.45) is -0.655. The summed E-state index contributed by atoms with van der Waals surface area (Å²) < 4.78 is 30.4. The molecular weight excluding hydrogens is 407 g/mol. The lowest BCUT2D eigenvalue weighted by Crippen LogP contribution is -2.42. The van der Waals surface area contributed by atoms with E-state index in [2.05, 4.69) is 0 Å². The molecule has 0 radical (unpaired) electrons. The third-order valence-corrected chi connectivity index (χ3v) is 5.99. The molecule has 0 aromatic heterocycles. The maximum Gasteiger partial charge on any atom is 0.290 e. The molecule has 3 aliphatic rings. The van der Waals surface area contributed by atoms with Gasteiger partial charge in [0.15, 0.2) is 18.1 Å². The maximum absolute atomic E-state index is 14.0. The van der Waals surface area contributed by atoms with E-state index in [0.717, 1.165) is 0 Å². The Labute approximate surface area is 179 Å². The molecule has 8 nitrogen and oxygen atoms in total. The predicted molar refractivity (Wildman–Crippen MR) is 107 cm³/mol. The van der Waals surface area contributed by atoms with Crippen LogP contribution in [0, 0.1) is 5.92 Å². The van der Waals surface area contributed by atoms with Crippen LogP contribution in [0.3, 0.4) is 0 Å². The van der Waals surface area contributed by atoms with E-state index in [1.165, 1.54) is 7.11 Å². The van der Waals surface area contributed by atoms with Crippen LogP contribution < -0.4 is 10.5 Å². The highest BCUT2D eigenvalue weighted by Crippen LogP contribution is 2.47. The fourth-order valence-electron chi connectivity index (χ4n) is 4.53. The van der Waals surface area contributed by atoms with E-state index in [-0.39, 0.29) is 49.2 Å².